The van der Waals surface area contributed by atoms with E-state index in [1.165, 1.54) is 0 Å². The first-order valence-corrected chi connectivity index (χ1v) is 7.44. The van der Waals surface area contributed by atoms with Gasteiger partial charge in [0.05, 0.1) is 0 Å². The molecule has 0 aliphatic rings. The average Bonchev–Trinajstić information content (AvgIpc) is 1.65. The maximum absolute atomic E-state index is 5.41. The zero-order chi connectivity index (χ0) is 6.99. The van der Waals surface area contributed by atoms with Crippen molar-refractivity contribution in [2.24, 2.45) is 0 Å². The predicted octanol–water partition coefficient (Wildman–Crippen LogP) is 2.84. The highest BCUT2D eigenvalue weighted by Gasteiger charge is 1.76. The molecule has 0 heterocycles. The van der Waals surface area contributed by atoms with Crippen LogP contribution in [0.15, 0.2) is 0 Å². The van der Waals surface area contributed by atoms with E-state index >= 15 is 0 Å². The van der Waals surface area contributed by atoms with Crippen molar-refractivity contribution in [2.45, 2.75) is 26.4 Å². The molecule has 3 heteroatoms. The number of hydrogen-bond donors (Lipinski definition) is 0. The first-order chi connectivity index (χ1) is 3.65. The Hall–Kier alpha value is 0.797. The summed E-state index contributed by atoms with van der Waals surface area (Å²) < 4.78 is 0. The molecule has 0 aliphatic heterocycles. The van der Waals surface area contributed by atoms with Crippen LogP contribution in [0.4, 0.5) is 0 Å². The predicted molar refractivity (Wildman–Crippen MR) is 45.7 cm³/mol. The lowest BCUT2D eigenvalue weighted by Gasteiger charge is -1.72. The van der Waals surface area contributed by atoms with Crippen molar-refractivity contribution in [3.8, 4) is 0 Å². The van der Waals surface area contributed by atoms with Crippen LogP contribution in [0.3, 0.4) is 0 Å². The average molecular weight is 173 g/mol. The molecule has 0 saturated carbocycles. The Morgan fingerprint density at radius 3 is 1.50 bits per heavy atom. The Kier molecular flexibility index (Phi) is 15.5. The zero-order valence-electron chi connectivity index (χ0n) is 5.75. The van der Waals surface area contributed by atoms with Crippen LogP contribution in [-0.2, 0) is 0 Å². The standard InChI is InChI=1S/C3H7Cl.C2H7ClSi/c1-2-3-4;1-4(2)3/h2-3H2,1H3;4H,1-2H3. The van der Waals surface area contributed by atoms with Crippen LogP contribution in [0.1, 0.15) is 13.3 Å². The summed E-state index contributed by atoms with van der Waals surface area (Å²) in [6, 6.07) is 0. The summed E-state index contributed by atoms with van der Waals surface area (Å²) in [5.41, 5.74) is 0. The van der Waals surface area contributed by atoms with Crippen molar-refractivity contribution in [1.29, 1.82) is 0 Å². The summed E-state index contributed by atoms with van der Waals surface area (Å²) in [6.45, 7) is 6.19. The molecular weight excluding hydrogens is 159 g/mol. The Morgan fingerprint density at radius 1 is 1.38 bits per heavy atom. The van der Waals surface area contributed by atoms with Crippen LogP contribution in [0, 0.1) is 0 Å². The van der Waals surface area contributed by atoms with E-state index in [-0.39, 0.29) is 0 Å². The Balaban J connectivity index is 0. The van der Waals surface area contributed by atoms with Crippen LogP contribution in [-0.4, -0.2) is 14.0 Å². The molecule has 0 radical (unpaired) electrons. The van der Waals surface area contributed by atoms with Gasteiger partial charge in [-0.15, -0.1) is 11.6 Å². The highest BCUT2D eigenvalue weighted by molar-refractivity contribution is 7.05. The fraction of sp³-hybridized carbons (Fsp3) is 1.00. The second-order valence-corrected chi connectivity index (χ2v) is 6.73. The lowest BCUT2D eigenvalue weighted by molar-refractivity contribution is 1.10. The minimum atomic E-state index is -0.667. The molecule has 0 nitrogen and oxygen atoms in total. The maximum Gasteiger partial charge on any atom is 0.134 e. The van der Waals surface area contributed by atoms with Crippen LogP contribution in [0.2, 0.25) is 13.1 Å². The van der Waals surface area contributed by atoms with Gasteiger partial charge in [0.2, 0.25) is 0 Å². The third-order valence-electron chi connectivity index (χ3n) is 0.189. The van der Waals surface area contributed by atoms with Gasteiger partial charge in [-0.25, -0.2) is 0 Å². The summed E-state index contributed by atoms with van der Waals surface area (Å²) in [6.07, 6.45) is 1.08. The lowest BCUT2D eigenvalue weighted by atomic mass is 10.6. The first kappa shape index (κ1) is 11.6. The van der Waals surface area contributed by atoms with Gasteiger partial charge in [0.1, 0.15) is 8.11 Å². The number of rotatable bonds is 1. The summed E-state index contributed by atoms with van der Waals surface area (Å²) in [5, 5.41) is 0. The van der Waals surface area contributed by atoms with Gasteiger partial charge in [0.25, 0.3) is 0 Å². The van der Waals surface area contributed by atoms with E-state index in [0.29, 0.717) is 0 Å². The second-order valence-electron chi connectivity index (χ2n) is 1.70. The fourth-order valence-corrected chi connectivity index (χ4v) is 0. The lowest BCUT2D eigenvalue weighted by Crippen LogP contribution is -1.78. The molecule has 0 saturated heterocycles. The molecular formula is C5H14Cl2Si. The van der Waals surface area contributed by atoms with Crippen molar-refractivity contribution in [1.82, 2.24) is 0 Å². The largest absolute Gasteiger partial charge is 0.172 e. The highest BCUT2D eigenvalue weighted by atomic mass is 35.6. The molecule has 0 aliphatic carbocycles. The quantitative estimate of drug-likeness (QED) is 0.325. The van der Waals surface area contributed by atoms with Crippen LogP contribution < -0.4 is 0 Å². The smallest absolute Gasteiger partial charge is 0.134 e. The minimum Gasteiger partial charge on any atom is -0.172 e. The fourth-order valence-electron chi connectivity index (χ4n) is 0. The SMILES string of the molecule is CCCCl.C[SiH](C)Cl. The monoisotopic (exact) mass is 172 g/mol. The molecule has 0 bridgehead atoms. The molecule has 0 aromatic rings. The van der Waals surface area contributed by atoms with Gasteiger partial charge >= 0.3 is 0 Å². The van der Waals surface area contributed by atoms with Crippen molar-refractivity contribution < 1.29 is 0 Å². The van der Waals surface area contributed by atoms with Crippen LogP contribution >= 0.6 is 22.7 Å². The molecule has 52 valence electrons. The van der Waals surface area contributed by atoms with E-state index in [4.69, 9.17) is 22.7 Å². The van der Waals surface area contributed by atoms with Gasteiger partial charge in [0.15, 0.2) is 0 Å². The van der Waals surface area contributed by atoms with E-state index in [1.807, 2.05) is 6.92 Å². The number of halogens is 2. The third kappa shape index (κ3) is 70.7. The molecule has 0 atom stereocenters. The van der Waals surface area contributed by atoms with Gasteiger partial charge < -0.3 is 0 Å². The molecule has 0 aromatic heterocycles. The maximum atomic E-state index is 5.41. The van der Waals surface area contributed by atoms with Crippen molar-refractivity contribution >= 4 is 30.8 Å². The summed E-state index contributed by atoms with van der Waals surface area (Å²) in [4.78, 5) is 0. The van der Waals surface area contributed by atoms with E-state index in [2.05, 4.69) is 13.1 Å². The summed E-state index contributed by atoms with van der Waals surface area (Å²) in [7, 11) is -0.667. The van der Waals surface area contributed by atoms with Crippen molar-refractivity contribution in [2.75, 3.05) is 5.88 Å². The van der Waals surface area contributed by atoms with Gasteiger partial charge in [-0.3, -0.25) is 0 Å². The Labute approximate surface area is 63.5 Å². The first-order valence-electron chi connectivity index (χ1n) is 2.85. The molecule has 8 heavy (non-hydrogen) atoms. The normalized spacial score (nSPS) is 8.25. The molecule has 0 spiro atoms. The van der Waals surface area contributed by atoms with E-state index in [9.17, 15) is 0 Å². The molecule has 0 amide bonds. The van der Waals surface area contributed by atoms with Gasteiger partial charge in [-0.2, -0.15) is 11.1 Å². The number of hydrogen-bond acceptors (Lipinski definition) is 0. The van der Waals surface area contributed by atoms with Crippen molar-refractivity contribution in [3.63, 3.8) is 0 Å². The Morgan fingerprint density at radius 2 is 1.50 bits per heavy atom. The second kappa shape index (κ2) is 10.7. The third-order valence-corrected chi connectivity index (χ3v) is 0.567. The molecule has 0 fully saturated rings. The minimum absolute atomic E-state index is 0.667. The van der Waals surface area contributed by atoms with Crippen LogP contribution in [0.25, 0.3) is 0 Å². The summed E-state index contributed by atoms with van der Waals surface area (Å²) in [5.74, 6) is 0.792. The molecule has 0 N–H and O–H groups in total. The van der Waals surface area contributed by atoms with E-state index in [1.54, 1.807) is 0 Å². The van der Waals surface area contributed by atoms with Gasteiger partial charge in [0, 0.05) is 5.88 Å². The Bertz CT molecular complexity index is 26.9. The van der Waals surface area contributed by atoms with Gasteiger partial charge in [-0.1, -0.05) is 20.0 Å². The molecule has 0 unspecified atom stereocenters. The topological polar surface area (TPSA) is 0 Å². The molecule has 0 aromatic carbocycles. The number of alkyl halides is 1. The van der Waals surface area contributed by atoms with E-state index < -0.39 is 8.11 Å². The highest BCUT2D eigenvalue weighted by Crippen LogP contribution is 1.79. The van der Waals surface area contributed by atoms with Gasteiger partial charge in [-0.05, 0) is 6.42 Å². The molecule has 0 rings (SSSR count). The van der Waals surface area contributed by atoms with Crippen LogP contribution in [0.5, 0.6) is 0 Å². The van der Waals surface area contributed by atoms with E-state index in [0.717, 1.165) is 12.3 Å². The summed E-state index contributed by atoms with van der Waals surface area (Å²) >= 11 is 10.6. The zero-order valence-corrected chi connectivity index (χ0v) is 8.41. The van der Waals surface area contributed by atoms with Crippen molar-refractivity contribution in [3.05, 3.63) is 0 Å².